The number of aryl methyl sites for hydroxylation is 1. The van der Waals surface area contributed by atoms with E-state index in [9.17, 15) is 0 Å². The molecule has 0 fully saturated rings. The topological polar surface area (TPSA) is 30.5 Å². The first-order valence-electron chi connectivity index (χ1n) is 7.52. The van der Waals surface area contributed by atoms with Crippen LogP contribution in [0.2, 0.25) is 0 Å². The molecule has 3 heteroatoms. The molecule has 0 aliphatic heterocycles. The molecule has 1 N–H and O–H groups in total. The Bertz CT molecular complexity index is 389. The second kappa shape index (κ2) is 8.98. The average molecular weight is 279 g/mol. The van der Waals surface area contributed by atoms with Gasteiger partial charge in [-0.2, -0.15) is 0 Å². The van der Waals surface area contributed by atoms with Crippen LogP contribution in [0, 0.1) is 12.8 Å². The first kappa shape index (κ1) is 17.0. The second-order valence-corrected chi connectivity index (χ2v) is 5.96. The summed E-state index contributed by atoms with van der Waals surface area (Å²) in [5.41, 5.74) is 2.47. The van der Waals surface area contributed by atoms with Crippen LogP contribution in [0.5, 0.6) is 5.75 Å². The Hall–Kier alpha value is -1.06. The summed E-state index contributed by atoms with van der Waals surface area (Å²) in [5, 5.41) is 3.43. The van der Waals surface area contributed by atoms with Crippen LogP contribution in [0.3, 0.4) is 0 Å². The van der Waals surface area contributed by atoms with Gasteiger partial charge in [0.25, 0.3) is 0 Å². The predicted molar refractivity (Wildman–Crippen MR) is 84.3 cm³/mol. The van der Waals surface area contributed by atoms with E-state index in [0.29, 0.717) is 25.2 Å². The number of hydrogen-bond acceptors (Lipinski definition) is 3. The monoisotopic (exact) mass is 279 g/mol. The molecule has 0 unspecified atom stereocenters. The molecule has 0 spiro atoms. The molecule has 0 heterocycles. The zero-order valence-corrected chi connectivity index (χ0v) is 13.5. The minimum absolute atomic E-state index is 0.470. The lowest BCUT2D eigenvalue weighted by molar-refractivity contribution is 0.0816. The Kier molecular flexibility index (Phi) is 7.63. The lowest BCUT2D eigenvalue weighted by Crippen LogP contribution is -2.22. The van der Waals surface area contributed by atoms with Crippen molar-refractivity contribution in [2.24, 2.45) is 5.92 Å². The van der Waals surface area contributed by atoms with E-state index in [2.05, 4.69) is 58.1 Å². The van der Waals surface area contributed by atoms with Crippen molar-refractivity contribution in [3.63, 3.8) is 0 Å². The normalized spacial score (nSPS) is 11.3. The number of nitrogens with one attached hydrogen (secondary N) is 1. The second-order valence-electron chi connectivity index (χ2n) is 5.96. The predicted octanol–water partition coefficient (Wildman–Crippen LogP) is 3.54. The maximum atomic E-state index is 5.84. The van der Waals surface area contributed by atoms with Gasteiger partial charge in [0.05, 0.1) is 6.61 Å². The van der Waals surface area contributed by atoms with E-state index in [0.717, 1.165) is 18.9 Å². The molecule has 3 nitrogen and oxygen atoms in total. The van der Waals surface area contributed by atoms with Crippen LogP contribution in [-0.4, -0.2) is 25.9 Å². The third kappa shape index (κ3) is 6.92. The SMILES string of the molecule is Cc1ccc(OCCOCC(C)C)c(CNC(C)C)c1. The van der Waals surface area contributed by atoms with E-state index < -0.39 is 0 Å². The fourth-order valence-electron chi connectivity index (χ4n) is 1.83. The van der Waals surface area contributed by atoms with Gasteiger partial charge in [-0.3, -0.25) is 0 Å². The zero-order chi connectivity index (χ0) is 15.0. The van der Waals surface area contributed by atoms with Crippen molar-refractivity contribution >= 4 is 0 Å². The van der Waals surface area contributed by atoms with Crippen molar-refractivity contribution in [2.75, 3.05) is 19.8 Å². The summed E-state index contributed by atoms with van der Waals surface area (Å²) in [6, 6.07) is 6.79. The molecule has 1 aromatic rings. The summed E-state index contributed by atoms with van der Waals surface area (Å²) in [4.78, 5) is 0. The molecule has 0 bridgehead atoms. The van der Waals surface area contributed by atoms with Crippen molar-refractivity contribution in [1.29, 1.82) is 0 Å². The molecule has 0 aromatic heterocycles. The fraction of sp³-hybridized carbons (Fsp3) is 0.647. The Morgan fingerprint density at radius 2 is 1.85 bits per heavy atom. The highest BCUT2D eigenvalue weighted by molar-refractivity contribution is 5.36. The van der Waals surface area contributed by atoms with Gasteiger partial charge in [-0.25, -0.2) is 0 Å². The Morgan fingerprint density at radius 3 is 2.50 bits per heavy atom. The quantitative estimate of drug-likeness (QED) is 0.701. The van der Waals surface area contributed by atoms with Crippen LogP contribution >= 0.6 is 0 Å². The maximum Gasteiger partial charge on any atom is 0.123 e. The first-order valence-corrected chi connectivity index (χ1v) is 7.52. The molecule has 0 amide bonds. The summed E-state index contributed by atoms with van der Waals surface area (Å²) in [6.07, 6.45) is 0. The van der Waals surface area contributed by atoms with E-state index in [4.69, 9.17) is 9.47 Å². The highest BCUT2D eigenvalue weighted by Gasteiger charge is 2.05. The molecule has 0 aliphatic rings. The number of ether oxygens (including phenoxy) is 2. The van der Waals surface area contributed by atoms with Crippen LogP contribution in [0.25, 0.3) is 0 Å². The standard InChI is InChI=1S/C17H29NO2/c1-13(2)12-19-8-9-20-17-7-6-15(5)10-16(17)11-18-14(3)4/h6-7,10,13-14,18H,8-9,11-12H2,1-5H3. The van der Waals surface area contributed by atoms with E-state index in [-0.39, 0.29) is 0 Å². The summed E-state index contributed by atoms with van der Waals surface area (Å²) >= 11 is 0. The fourth-order valence-corrected chi connectivity index (χ4v) is 1.83. The van der Waals surface area contributed by atoms with Gasteiger partial charge in [0.1, 0.15) is 12.4 Å². The summed E-state index contributed by atoms with van der Waals surface area (Å²) in [7, 11) is 0. The average Bonchev–Trinajstić information content (AvgIpc) is 2.37. The van der Waals surface area contributed by atoms with Gasteiger partial charge in [0.2, 0.25) is 0 Å². The molecule has 0 radical (unpaired) electrons. The van der Waals surface area contributed by atoms with E-state index >= 15 is 0 Å². The van der Waals surface area contributed by atoms with E-state index in [1.807, 2.05) is 0 Å². The molecular formula is C17H29NO2. The lowest BCUT2D eigenvalue weighted by atomic mass is 10.1. The molecule has 114 valence electrons. The van der Waals surface area contributed by atoms with Crippen molar-refractivity contribution < 1.29 is 9.47 Å². The van der Waals surface area contributed by atoms with E-state index in [1.54, 1.807) is 0 Å². The minimum atomic E-state index is 0.470. The number of hydrogen-bond donors (Lipinski definition) is 1. The number of rotatable bonds is 9. The van der Waals surface area contributed by atoms with Gasteiger partial charge < -0.3 is 14.8 Å². The van der Waals surface area contributed by atoms with Gasteiger partial charge in [-0.15, -0.1) is 0 Å². The summed E-state index contributed by atoms with van der Waals surface area (Å²) in [5.74, 6) is 1.53. The van der Waals surface area contributed by atoms with Crippen LogP contribution in [-0.2, 0) is 11.3 Å². The van der Waals surface area contributed by atoms with Crippen molar-refractivity contribution in [3.8, 4) is 5.75 Å². The van der Waals surface area contributed by atoms with Crippen LogP contribution in [0.1, 0.15) is 38.8 Å². The molecule has 0 aliphatic carbocycles. The Morgan fingerprint density at radius 1 is 1.10 bits per heavy atom. The summed E-state index contributed by atoms with van der Waals surface area (Å²) < 4.78 is 11.4. The van der Waals surface area contributed by atoms with Gasteiger partial charge in [-0.05, 0) is 18.9 Å². The Balaban J connectivity index is 2.47. The third-order valence-electron chi connectivity index (χ3n) is 2.85. The molecule has 0 atom stereocenters. The number of benzene rings is 1. The zero-order valence-electron chi connectivity index (χ0n) is 13.5. The molecular weight excluding hydrogens is 250 g/mol. The molecule has 0 saturated carbocycles. The van der Waals surface area contributed by atoms with Crippen molar-refractivity contribution in [3.05, 3.63) is 29.3 Å². The molecule has 1 rings (SSSR count). The molecule has 1 aromatic carbocycles. The van der Waals surface area contributed by atoms with Crippen molar-refractivity contribution in [2.45, 2.75) is 47.2 Å². The smallest absolute Gasteiger partial charge is 0.123 e. The largest absolute Gasteiger partial charge is 0.491 e. The van der Waals surface area contributed by atoms with Crippen LogP contribution < -0.4 is 10.1 Å². The lowest BCUT2D eigenvalue weighted by Gasteiger charge is -2.15. The van der Waals surface area contributed by atoms with Crippen molar-refractivity contribution in [1.82, 2.24) is 5.32 Å². The maximum absolute atomic E-state index is 5.84. The highest BCUT2D eigenvalue weighted by Crippen LogP contribution is 2.20. The third-order valence-corrected chi connectivity index (χ3v) is 2.85. The first-order chi connectivity index (χ1) is 9.49. The highest BCUT2D eigenvalue weighted by atomic mass is 16.5. The molecule has 20 heavy (non-hydrogen) atoms. The summed E-state index contributed by atoms with van der Waals surface area (Å²) in [6.45, 7) is 13.6. The van der Waals surface area contributed by atoms with Crippen LogP contribution in [0.4, 0.5) is 0 Å². The van der Waals surface area contributed by atoms with Gasteiger partial charge in [0.15, 0.2) is 0 Å². The van der Waals surface area contributed by atoms with Gasteiger partial charge >= 0.3 is 0 Å². The van der Waals surface area contributed by atoms with Crippen LogP contribution in [0.15, 0.2) is 18.2 Å². The van der Waals surface area contributed by atoms with E-state index in [1.165, 1.54) is 11.1 Å². The minimum Gasteiger partial charge on any atom is -0.491 e. The van der Waals surface area contributed by atoms with Gasteiger partial charge in [0, 0.05) is 24.8 Å². The molecule has 0 saturated heterocycles. The Labute approximate surface area is 123 Å². The van der Waals surface area contributed by atoms with Gasteiger partial charge in [-0.1, -0.05) is 45.4 Å².